The Morgan fingerprint density at radius 2 is 1.95 bits per heavy atom. The number of Topliss-reactive ketones (excluding diaryl/α,β-unsaturated/α-hetero) is 1. The standard InChI is InChI=1S/C16H13ClN2O2S/c1-9-10(2)22-16-14(9)15(18-8-19-16)21-7-13(20)11-3-5-12(17)6-4-11/h3-6,8H,7H2,1-2H3. The number of carbonyl (C=O) groups is 1. The van der Waals surface area contributed by atoms with E-state index >= 15 is 0 Å². The van der Waals surface area contributed by atoms with Crippen LogP contribution in [0.2, 0.25) is 5.02 Å². The van der Waals surface area contributed by atoms with Gasteiger partial charge >= 0.3 is 0 Å². The highest BCUT2D eigenvalue weighted by Gasteiger charge is 2.14. The van der Waals surface area contributed by atoms with E-state index in [1.807, 2.05) is 13.8 Å². The van der Waals surface area contributed by atoms with E-state index in [0.717, 1.165) is 15.8 Å². The molecule has 22 heavy (non-hydrogen) atoms. The first-order valence-corrected chi connectivity index (χ1v) is 7.88. The highest BCUT2D eigenvalue weighted by atomic mass is 35.5. The minimum Gasteiger partial charge on any atom is -0.469 e. The lowest BCUT2D eigenvalue weighted by Gasteiger charge is -2.06. The molecule has 0 saturated heterocycles. The molecule has 0 saturated carbocycles. The van der Waals surface area contributed by atoms with Gasteiger partial charge in [-0.2, -0.15) is 0 Å². The lowest BCUT2D eigenvalue weighted by atomic mass is 10.1. The van der Waals surface area contributed by atoms with Crippen molar-refractivity contribution in [2.45, 2.75) is 13.8 Å². The molecule has 0 atom stereocenters. The van der Waals surface area contributed by atoms with Crippen LogP contribution in [0.25, 0.3) is 10.2 Å². The normalized spacial score (nSPS) is 10.9. The van der Waals surface area contributed by atoms with Gasteiger partial charge in [-0.1, -0.05) is 11.6 Å². The van der Waals surface area contributed by atoms with Crippen LogP contribution in [0.4, 0.5) is 0 Å². The maximum atomic E-state index is 12.1. The summed E-state index contributed by atoms with van der Waals surface area (Å²) < 4.78 is 5.63. The van der Waals surface area contributed by atoms with Crippen LogP contribution < -0.4 is 4.74 Å². The highest BCUT2D eigenvalue weighted by molar-refractivity contribution is 7.18. The van der Waals surface area contributed by atoms with E-state index in [2.05, 4.69) is 9.97 Å². The van der Waals surface area contributed by atoms with Gasteiger partial charge in [0.05, 0.1) is 5.39 Å². The summed E-state index contributed by atoms with van der Waals surface area (Å²) in [6, 6.07) is 6.74. The fraction of sp³-hybridized carbons (Fsp3) is 0.188. The molecule has 0 aliphatic carbocycles. The summed E-state index contributed by atoms with van der Waals surface area (Å²) >= 11 is 7.41. The number of halogens is 1. The molecule has 112 valence electrons. The third-order valence-electron chi connectivity index (χ3n) is 3.44. The monoisotopic (exact) mass is 332 g/mol. The molecule has 0 spiro atoms. The van der Waals surface area contributed by atoms with Crippen LogP contribution in [-0.4, -0.2) is 22.4 Å². The van der Waals surface area contributed by atoms with Crippen molar-refractivity contribution < 1.29 is 9.53 Å². The van der Waals surface area contributed by atoms with Crippen LogP contribution in [0, 0.1) is 13.8 Å². The summed E-state index contributed by atoms with van der Waals surface area (Å²) in [6.07, 6.45) is 1.46. The second-order valence-electron chi connectivity index (χ2n) is 4.86. The molecule has 3 rings (SSSR count). The second kappa shape index (κ2) is 6.02. The number of fused-ring (bicyclic) bond motifs is 1. The molecule has 0 aliphatic heterocycles. The lowest BCUT2D eigenvalue weighted by Crippen LogP contribution is -2.12. The molecule has 1 aromatic carbocycles. The Morgan fingerprint density at radius 1 is 1.23 bits per heavy atom. The van der Waals surface area contributed by atoms with Gasteiger partial charge in [-0.05, 0) is 43.7 Å². The van der Waals surface area contributed by atoms with Crippen molar-refractivity contribution in [1.82, 2.24) is 9.97 Å². The number of carbonyl (C=O) groups excluding carboxylic acids is 1. The first-order valence-electron chi connectivity index (χ1n) is 6.68. The van der Waals surface area contributed by atoms with E-state index in [0.29, 0.717) is 16.5 Å². The number of hydrogen-bond acceptors (Lipinski definition) is 5. The van der Waals surface area contributed by atoms with Gasteiger partial charge in [-0.3, -0.25) is 4.79 Å². The molecule has 0 bridgehead atoms. The van der Waals surface area contributed by atoms with Crippen LogP contribution >= 0.6 is 22.9 Å². The maximum Gasteiger partial charge on any atom is 0.226 e. The first kappa shape index (κ1) is 14.9. The minimum atomic E-state index is -0.118. The summed E-state index contributed by atoms with van der Waals surface area (Å²) in [4.78, 5) is 22.6. The lowest BCUT2D eigenvalue weighted by molar-refractivity contribution is 0.0919. The van der Waals surface area contributed by atoms with Gasteiger partial charge < -0.3 is 4.74 Å². The molecule has 2 heterocycles. The summed E-state index contributed by atoms with van der Waals surface area (Å²) in [5, 5.41) is 1.48. The minimum absolute atomic E-state index is 0.0674. The number of ketones is 1. The van der Waals surface area contributed by atoms with Gasteiger partial charge in [-0.15, -0.1) is 11.3 Å². The predicted octanol–water partition coefficient (Wildman–Crippen LogP) is 4.22. The third kappa shape index (κ3) is 2.82. The molecule has 0 N–H and O–H groups in total. The van der Waals surface area contributed by atoms with Crippen molar-refractivity contribution in [1.29, 1.82) is 0 Å². The molecule has 3 aromatic rings. The van der Waals surface area contributed by atoms with E-state index < -0.39 is 0 Å². The van der Waals surface area contributed by atoms with Gasteiger partial charge in [0.25, 0.3) is 0 Å². The number of aromatic nitrogens is 2. The van der Waals surface area contributed by atoms with Crippen molar-refractivity contribution in [2.24, 2.45) is 0 Å². The zero-order valence-electron chi connectivity index (χ0n) is 12.1. The first-order chi connectivity index (χ1) is 10.6. The van der Waals surface area contributed by atoms with E-state index in [1.54, 1.807) is 35.6 Å². The van der Waals surface area contributed by atoms with Crippen molar-refractivity contribution >= 4 is 38.9 Å². The van der Waals surface area contributed by atoms with Crippen LogP contribution in [0.1, 0.15) is 20.8 Å². The Bertz CT molecular complexity index is 843. The Kier molecular flexibility index (Phi) is 4.09. The maximum absolute atomic E-state index is 12.1. The summed E-state index contributed by atoms with van der Waals surface area (Å²) in [7, 11) is 0. The van der Waals surface area contributed by atoms with Crippen LogP contribution in [-0.2, 0) is 0 Å². The quantitative estimate of drug-likeness (QED) is 0.671. The predicted molar refractivity (Wildman–Crippen MR) is 88.2 cm³/mol. The van der Waals surface area contributed by atoms with Crippen molar-refractivity contribution in [3.05, 3.63) is 51.6 Å². The molecule has 6 heteroatoms. The molecule has 2 aromatic heterocycles. The van der Waals surface area contributed by atoms with Crippen molar-refractivity contribution in [3.63, 3.8) is 0 Å². The Morgan fingerprint density at radius 3 is 2.68 bits per heavy atom. The molecular weight excluding hydrogens is 320 g/mol. The smallest absolute Gasteiger partial charge is 0.226 e. The van der Waals surface area contributed by atoms with E-state index in [-0.39, 0.29) is 12.4 Å². The van der Waals surface area contributed by atoms with Crippen molar-refractivity contribution in [3.8, 4) is 5.88 Å². The third-order valence-corrected chi connectivity index (χ3v) is 4.80. The fourth-order valence-electron chi connectivity index (χ4n) is 2.11. The summed E-state index contributed by atoms with van der Waals surface area (Å²) in [6.45, 7) is 3.97. The van der Waals surface area contributed by atoms with Gasteiger partial charge in [0.15, 0.2) is 12.4 Å². The summed E-state index contributed by atoms with van der Waals surface area (Å²) in [5.74, 6) is 0.335. The fourth-order valence-corrected chi connectivity index (χ4v) is 3.23. The average Bonchev–Trinajstić information content (AvgIpc) is 2.81. The number of hydrogen-bond donors (Lipinski definition) is 0. The molecule has 0 unspecified atom stereocenters. The van der Waals surface area contributed by atoms with Gasteiger partial charge in [-0.25, -0.2) is 9.97 Å². The largest absolute Gasteiger partial charge is 0.469 e. The van der Waals surface area contributed by atoms with E-state index in [9.17, 15) is 4.79 Å². The van der Waals surface area contributed by atoms with Crippen LogP contribution in [0.3, 0.4) is 0 Å². The Labute approximate surface area is 136 Å². The van der Waals surface area contributed by atoms with Crippen molar-refractivity contribution in [2.75, 3.05) is 6.61 Å². The van der Waals surface area contributed by atoms with E-state index in [1.165, 1.54) is 11.2 Å². The zero-order chi connectivity index (χ0) is 15.7. The molecular formula is C16H13ClN2O2S. The number of aryl methyl sites for hydroxylation is 2. The Balaban J connectivity index is 1.82. The van der Waals surface area contributed by atoms with Crippen LogP contribution in [0.15, 0.2) is 30.6 Å². The summed E-state index contributed by atoms with van der Waals surface area (Å²) in [5.41, 5.74) is 1.66. The molecule has 0 amide bonds. The number of benzene rings is 1. The van der Waals surface area contributed by atoms with Crippen LogP contribution in [0.5, 0.6) is 5.88 Å². The number of thiophene rings is 1. The SMILES string of the molecule is Cc1sc2ncnc(OCC(=O)c3ccc(Cl)cc3)c2c1C. The topological polar surface area (TPSA) is 52.1 Å². The van der Waals surface area contributed by atoms with Gasteiger partial charge in [0, 0.05) is 15.5 Å². The second-order valence-corrected chi connectivity index (χ2v) is 6.50. The average molecular weight is 333 g/mol. The molecule has 0 aliphatic rings. The zero-order valence-corrected chi connectivity index (χ0v) is 13.7. The van der Waals surface area contributed by atoms with Gasteiger partial charge in [0.2, 0.25) is 5.88 Å². The molecule has 0 fully saturated rings. The molecule has 0 radical (unpaired) electrons. The molecule has 4 nitrogen and oxygen atoms in total. The van der Waals surface area contributed by atoms with E-state index in [4.69, 9.17) is 16.3 Å². The highest BCUT2D eigenvalue weighted by Crippen LogP contribution is 2.33. The van der Waals surface area contributed by atoms with Gasteiger partial charge in [0.1, 0.15) is 11.2 Å². The number of rotatable bonds is 4. The number of ether oxygens (including phenoxy) is 1. The Hall–Kier alpha value is -1.98. The number of nitrogens with zero attached hydrogens (tertiary/aromatic N) is 2.